The summed E-state index contributed by atoms with van der Waals surface area (Å²) in [5, 5.41) is 0. The van der Waals surface area contributed by atoms with Crippen molar-refractivity contribution >= 4 is 0 Å². The number of aromatic nitrogens is 2. The highest BCUT2D eigenvalue weighted by molar-refractivity contribution is 5.63. The Kier molecular flexibility index (Phi) is 2.86. The molecule has 3 heteroatoms. The third-order valence-electron chi connectivity index (χ3n) is 2.55. The average Bonchev–Trinajstić information content (AvgIpc) is 2.32. The second kappa shape index (κ2) is 4.31. The molecule has 1 aromatic carbocycles. The minimum atomic E-state index is 0.755. The Morgan fingerprint density at radius 2 is 1.69 bits per heavy atom. The first-order valence-corrected chi connectivity index (χ1v) is 5.15. The molecule has 2 aromatic rings. The van der Waals surface area contributed by atoms with Crippen LogP contribution in [-0.2, 0) is 0 Å². The average molecular weight is 214 g/mol. The molecular weight excluding hydrogens is 200 g/mol. The summed E-state index contributed by atoms with van der Waals surface area (Å²) in [5.41, 5.74) is 3.27. The van der Waals surface area contributed by atoms with E-state index >= 15 is 0 Å². The number of aryl methyl sites for hydroxylation is 2. The molecule has 0 aliphatic carbocycles. The third-order valence-corrected chi connectivity index (χ3v) is 2.55. The molecule has 3 nitrogen and oxygen atoms in total. The maximum Gasteiger partial charge on any atom is 0.159 e. The van der Waals surface area contributed by atoms with E-state index in [2.05, 4.69) is 16.0 Å². The summed E-state index contributed by atoms with van der Waals surface area (Å²) in [5.74, 6) is 1.66. The molecule has 0 bridgehead atoms. The van der Waals surface area contributed by atoms with E-state index in [4.69, 9.17) is 4.74 Å². The predicted octanol–water partition coefficient (Wildman–Crippen LogP) is 2.77. The molecule has 0 saturated carbocycles. The van der Waals surface area contributed by atoms with E-state index in [0.717, 1.165) is 28.3 Å². The summed E-state index contributed by atoms with van der Waals surface area (Å²) in [4.78, 5) is 8.51. The molecule has 0 atom stereocenters. The van der Waals surface area contributed by atoms with Gasteiger partial charge in [-0.15, -0.1) is 0 Å². The topological polar surface area (TPSA) is 35.0 Å². The lowest BCUT2D eigenvalue weighted by molar-refractivity contribution is 0.411. The summed E-state index contributed by atoms with van der Waals surface area (Å²) in [6, 6.07) is 5.89. The van der Waals surface area contributed by atoms with Crippen molar-refractivity contribution in [3.63, 3.8) is 0 Å². The summed E-state index contributed by atoms with van der Waals surface area (Å²) >= 11 is 0. The Hall–Kier alpha value is -1.90. The number of hydrogen-bond acceptors (Lipinski definition) is 3. The van der Waals surface area contributed by atoms with Crippen molar-refractivity contribution in [3.05, 3.63) is 41.7 Å². The summed E-state index contributed by atoms with van der Waals surface area (Å²) in [6.45, 7) is 4.05. The number of nitrogens with zero attached hydrogens (tertiary/aromatic N) is 2. The first kappa shape index (κ1) is 10.6. The molecule has 0 amide bonds. The molecule has 0 aliphatic rings. The van der Waals surface area contributed by atoms with Gasteiger partial charge in [0.2, 0.25) is 0 Å². The summed E-state index contributed by atoms with van der Waals surface area (Å²) in [6.07, 6.45) is 3.50. The van der Waals surface area contributed by atoms with Crippen LogP contribution in [0.15, 0.2) is 30.6 Å². The van der Waals surface area contributed by atoms with Gasteiger partial charge in [0.25, 0.3) is 0 Å². The number of methoxy groups -OCH3 is 1. The number of rotatable bonds is 2. The van der Waals surface area contributed by atoms with Gasteiger partial charge < -0.3 is 4.74 Å². The Bertz CT molecular complexity index is 495. The highest BCUT2D eigenvalue weighted by Gasteiger charge is 2.08. The monoisotopic (exact) mass is 214 g/mol. The second-order valence-corrected chi connectivity index (χ2v) is 3.71. The fourth-order valence-corrected chi connectivity index (χ4v) is 1.69. The Balaban J connectivity index is 2.55. The lowest BCUT2D eigenvalue weighted by Crippen LogP contribution is -1.94. The maximum absolute atomic E-state index is 5.28. The Morgan fingerprint density at radius 1 is 1.00 bits per heavy atom. The number of hydrogen-bond donors (Lipinski definition) is 0. The van der Waals surface area contributed by atoms with Gasteiger partial charge in [-0.1, -0.05) is 0 Å². The van der Waals surface area contributed by atoms with Crippen molar-refractivity contribution in [1.29, 1.82) is 0 Å². The fourth-order valence-electron chi connectivity index (χ4n) is 1.69. The van der Waals surface area contributed by atoms with Crippen LogP contribution in [0.5, 0.6) is 5.75 Å². The highest BCUT2D eigenvalue weighted by Crippen LogP contribution is 2.27. The van der Waals surface area contributed by atoms with E-state index in [1.165, 1.54) is 0 Å². The molecule has 0 radical (unpaired) electrons. The molecule has 16 heavy (non-hydrogen) atoms. The minimum absolute atomic E-state index is 0.755. The second-order valence-electron chi connectivity index (χ2n) is 3.71. The minimum Gasteiger partial charge on any atom is -0.496 e. The van der Waals surface area contributed by atoms with Crippen LogP contribution in [0.25, 0.3) is 11.4 Å². The lowest BCUT2D eigenvalue weighted by Gasteiger charge is -2.10. The SMILES string of the molecule is COc1cc(C)c(-c2ncccn2)cc1C. The molecule has 1 heterocycles. The fraction of sp³-hybridized carbons (Fsp3) is 0.231. The van der Waals surface area contributed by atoms with Gasteiger partial charge in [-0.05, 0) is 43.2 Å². The standard InChI is InChI=1S/C13H14N2O/c1-9-8-12(16-3)10(2)7-11(9)13-14-5-4-6-15-13/h4-8H,1-3H3. The van der Waals surface area contributed by atoms with Gasteiger partial charge in [-0.3, -0.25) is 0 Å². The molecular formula is C13H14N2O. The van der Waals surface area contributed by atoms with Gasteiger partial charge in [0, 0.05) is 18.0 Å². The van der Waals surface area contributed by atoms with Crippen molar-refractivity contribution < 1.29 is 4.74 Å². The van der Waals surface area contributed by atoms with Gasteiger partial charge >= 0.3 is 0 Å². The zero-order chi connectivity index (χ0) is 11.5. The van der Waals surface area contributed by atoms with E-state index in [1.54, 1.807) is 19.5 Å². The third kappa shape index (κ3) is 1.89. The van der Waals surface area contributed by atoms with Gasteiger partial charge in [-0.2, -0.15) is 0 Å². The van der Waals surface area contributed by atoms with Gasteiger partial charge in [0.05, 0.1) is 7.11 Å². The molecule has 0 saturated heterocycles. The first-order valence-electron chi connectivity index (χ1n) is 5.15. The van der Waals surface area contributed by atoms with Crippen LogP contribution in [0.3, 0.4) is 0 Å². The molecule has 0 spiro atoms. The van der Waals surface area contributed by atoms with E-state index in [9.17, 15) is 0 Å². The van der Waals surface area contributed by atoms with Crippen LogP contribution >= 0.6 is 0 Å². The van der Waals surface area contributed by atoms with E-state index in [1.807, 2.05) is 26.0 Å². The summed E-state index contributed by atoms with van der Waals surface area (Å²) < 4.78 is 5.28. The maximum atomic E-state index is 5.28. The van der Waals surface area contributed by atoms with E-state index in [0.29, 0.717) is 0 Å². The largest absolute Gasteiger partial charge is 0.496 e. The predicted molar refractivity (Wildman–Crippen MR) is 63.5 cm³/mol. The van der Waals surface area contributed by atoms with Crippen LogP contribution < -0.4 is 4.74 Å². The van der Waals surface area contributed by atoms with Crippen molar-refractivity contribution in [3.8, 4) is 17.1 Å². The molecule has 0 fully saturated rings. The highest BCUT2D eigenvalue weighted by atomic mass is 16.5. The molecule has 1 aromatic heterocycles. The molecule has 2 rings (SSSR count). The van der Waals surface area contributed by atoms with Crippen LogP contribution in [-0.4, -0.2) is 17.1 Å². The van der Waals surface area contributed by atoms with Gasteiger partial charge in [-0.25, -0.2) is 9.97 Å². The van der Waals surface area contributed by atoms with Crippen molar-refractivity contribution in [2.45, 2.75) is 13.8 Å². The smallest absolute Gasteiger partial charge is 0.159 e. The van der Waals surface area contributed by atoms with E-state index < -0.39 is 0 Å². The molecule has 82 valence electrons. The van der Waals surface area contributed by atoms with Crippen LogP contribution in [0.1, 0.15) is 11.1 Å². The molecule has 0 unspecified atom stereocenters. The van der Waals surface area contributed by atoms with Crippen LogP contribution in [0, 0.1) is 13.8 Å². The van der Waals surface area contributed by atoms with Crippen LogP contribution in [0.4, 0.5) is 0 Å². The lowest BCUT2D eigenvalue weighted by atomic mass is 10.0. The van der Waals surface area contributed by atoms with Crippen molar-refractivity contribution in [2.75, 3.05) is 7.11 Å². The normalized spacial score (nSPS) is 10.2. The molecule has 0 aliphatic heterocycles. The Labute approximate surface area is 95.1 Å². The molecule has 0 N–H and O–H groups in total. The Morgan fingerprint density at radius 3 is 2.31 bits per heavy atom. The number of ether oxygens (including phenoxy) is 1. The zero-order valence-electron chi connectivity index (χ0n) is 9.69. The van der Waals surface area contributed by atoms with E-state index in [-0.39, 0.29) is 0 Å². The van der Waals surface area contributed by atoms with Gasteiger partial charge in [0.1, 0.15) is 5.75 Å². The quantitative estimate of drug-likeness (QED) is 0.771. The van der Waals surface area contributed by atoms with Crippen LogP contribution in [0.2, 0.25) is 0 Å². The summed E-state index contributed by atoms with van der Waals surface area (Å²) in [7, 11) is 1.68. The van der Waals surface area contributed by atoms with Crippen molar-refractivity contribution in [1.82, 2.24) is 9.97 Å². The van der Waals surface area contributed by atoms with Crippen molar-refractivity contribution in [2.24, 2.45) is 0 Å². The number of benzene rings is 1. The van der Waals surface area contributed by atoms with Gasteiger partial charge in [0.15, 0.2) is 5.82 Å². The zero-order valence-corrected chi connectivity index (χ0v) is 9.69. The first-order chi connectivity index (χ1) is 7.72.